The van der Waals surface area contributed by atoms with Gasteiger partial charge >= 0.3 is 0 Å². The molecule has 4 heterocycles. The minimum atomic E-state index is -0.294. The molecule has 0 bridgehead atoms. The molecule has 8 rings (SSSR count). The first-order valence-corrected chi connectivity index (χ1v) is 22.4. The quantitative estimate of drug-likeness (QED) is 0.0718. The number of nitrogens with two attached hydrogens (primary N) is 1. The molecule has 0 radical (unpaired) electrons. The van der Waals surface area contributed by atoms with E-state index in [2.05, 4.69) is 87.2 Å². The van der Waals surface area contributed by atoms with Crippen LogP contribution in [0.5, 0.6) is 0 Å². The molecule has 66 heavy (non-hydrogen) atoms. The number of terminal acetylenes is 1. The molecule has 2 aliphatic rings. The van der Waals surface area contributed by atoms with E-state index in [1.165, 1.54) is 0 Å². The Kier molecular flexibility index (Phi) is 19.4. The molecular formula is C51H64N10O5. The Labute approximate surface area is 388 Å². The summed E-state index contributed by atoms with van der Waals surface area (Å²) in [5.74, 6) is 2.74. The minimum absolute atomic E-state index is 0.0688. The molecule has 15 nitrogen and oxygen atoms in total. The third-order valence-electron chi connectivity index (χ3n) is 11.1. The van der Waals surface area contributed by atoms with Crippen molar-refractivity contribution in [1.29, 1.82) is 0 Å². The molecule has 3 aromatic heterocycles. The number of benzene rings is 3. The van der Waals surface area contributed by atoms with E-state index in [0.717, 1.165) is 102 Å². The van der Waals surface area contributed by atoms with Crippen molar-refractivity contribution in [3.63, 3.8) is 0 Å². The summed E-state index contributed by atoms with van der Waals surface area (Å²) >= 11 is 0. The Bertz CT molecular complexity index is 2550. The average Bonchev–Trinajstić information content (AvgIpc) is 4.10. The summed E-state index contributed by atoms with van der Waals surface area (Å²) in [6, 6.07) is 21.4. The van der Waals surface area contributed by atoms with Gasteiger partial charge < -0.3 is 39.6 Å². The molecule has 3 amide bonds. The molecule has 3 aromatic carbocycles. The van der Waals surface area contributed by atoms with Crippen LogP contribution in [0.1, 0.15) is 56.7 Å². The second kappa shape index (κ2) is 25.6. The van der Waals surface area contributed by atoms with Crippen molar-refractivity contribution in [2.45, 2.75) is 65.1 Å². The molecule has 1 aliphatic heterocycles. The molecule has 15 heteroatoms. The van der Waals surface area contributed by atoms with Crippen LogP contribution in [0.25, 0.3) is 44.8 Å². The van der Waals surface area contributed by atoms with E-state index >= 15 is 0 Å². The molecule has 0 unspecified atom stereocenters. The number of methoxy groups -OCH3 is 1. The summed E-state index contributed by atoms with van der Waals surface area (Å²) < 4.78 is 10.6. The number of nitrogens with zero attached hydrogens (tertiary/aromatic N) is 7. The second-order valence-corrected chi connectivity index (χ2v) is 16.0. The second-order valence-electron chi connectivity index (χ2n) is 16.0. The number of allylic oxidation sites excluding steroid dienone is 2. The number of likely N-dealkylation sites (N-methyl/N-ethyl adjacent to an activating group) is 1. The lowest BCUT2D eigenvalue weighted by Gasteiger charge is -2.40. The number of imidazole rings is 2. The smallest absolute Gasteiger partial charge is 0.244 e. The first-order valence-electron chi connectivity index (χ1n) is 22.4. The van der Waals surface area contributed by atoms with Crippen LogP contribution in [-0.2, 0) is 38.6 Å². The fourth-order valence-corrected chi connectivity index (χ4v) is 8.10. The number of para-hydroxylation sites is 1. The zero-order valence-corrected chi connectivity index (χ0v) is 38.9. The van der Waals surface area contributed by atoms with Gasteiger partial charge in [0.2, 0.25) is 24.1 Å². The van der Waals surface area contributed by atoms with Crippen molar-refractivity contribution in [3.05, 3.63) is 114 Å². The van der Waals surface area contributed by atoms with Gasteiger partial charge in [-0.1, -0.05) is 68.5 Å². The number of rotatable bonds is 15. The van der Waals surface area contributed by atoms with E-state index in [9.17, 15) is 9.59 Å². The molecule has 1 fully saturated rings. The number of aromatic amines is 2. The molecule has 1 saturated heterocycles. The van der Waals surface area contributed by atoms with Crippen LogP contribution in [0.3, 0.4) is 0 Å². The summed E-state index contributed by atoms with van der Waals surface area (Å²) in [7, 11) is 5.39. The number of ether oxygens (including phenoxy) is 1. The first-order chi connectivity index (χ1) is 32.2. The number of H-pyrrole nitrogens is 2. The molecule has 1 atom stereocenters. The third-order valence-corrected chi connectivity index (χ3v) is 11.1. The zero-order valence-electron chi connectivity index (χ0n) is 38.9. The van der Waals surface area contributed by atoms with E-state index in [-0.39, 0.29) is 24.3 Å². The van der Waals surface area contributed by atoms with Crippen LogP contribution in [-0.4, -0.2) is 129 Å². The van der Waals surface area contributed by atoms with E-state index in [1.54, 1.807) is 20.4 Å². The highest BCUT2D eigenvalue weighted by Gasteiger charge is 2.34. The highest BCUT2D eigenvalue weighted by Crippen LogP contribution is 2.32. The summed E-state index contributed by atoms with van der Waals surface area (Å²) in [4.78, 5) is 66.3. The molecular weight excluding hydrogens is 833 g/mol. The number of hydrogen-bond donors (Lipinski definition) is 3. The van der Waals surface area contributed by atoms with Gasteiger partial charge in [-0.25, -0.2) is 15.0 Å². The summed E-state index contributed by atoms with van der Waals surface area (Å²) in [5, 5.41) is 0. The van der Waals surface area contributed by atoms with Crippen LogP contribution >= 0.6 is 0 Å². The minimum Gasteiger partial charge on any atom is -0.436 e. The van der Waals surface area contributed by atoms with Crippen LogP contribution in [0.4, 0.5) is 0 Å². The lowest BCUT2D eigenvalue weighted by atomic mass is 9.97. The number of amides is 3. The van der Waals surface area contributed by atoms with Gasteiger partial charge in [-0.05, 0) is 74.2 Å². The number of oxazole rings is 1. The van der Waals surface area contributed by atoms with E-state index in [1.807, 2.05) is 76.5 Å². The number of primary amides is 1. The Hall–Kier alpha value is -6.86. The summed E-state index contributed by atoms with van der Waals surface area (Å²) in [5.41, 5.74) is 11.2. The molecule has 4 N–H and O–H groups in total. The highest BCUT2D eigenvalue weighted by atomic mass is 16.4. The normalized spacial score (nSPS) is 14.1. The maximum absolute atomic E-state index is 14.4. The van der Waals surface area contributed by atoms with Crippen molar-refractivity contribution >= 4 is 40.3 Å². The largest absolute Gasteiger partial charge is 0.436 e. The lowest BCUT2D eigenvalue weighted by molar-refractivity contribution is -0.137. The van der Waals surface area contributed by atoms with Gasteiger partial charge in [0.1, 0.15) is 23.2 Å². The van der Waals surface area contributed by atoms with Gasteiger partial charge in [-0.3, -0.25) is 19.3 Å². The molecule has 0 saturated carbocycles. The standard InChI is InChI=1S/C46H53N9O3.C2H6O.C2H2.CH3NO/c1-4-21-54(42(56)27-32-13-8-6-9-14-32)30-41-49-37-18-12-17-35(43(37)51-41)45-47-29-39(58-45)34-19-20-36-38(28-34)50-40(48-36)31-55(22-5-2)46(57)44(33-15-10-7-11-16-33)53-25-23-52(3)24-26-53;1-3-2;1-2;2-1-3/h6,8-10,12-20,28-29,44H,4-5,7,11,21-27,30-31H2,1-3H3,(H,48,50)(H,49,51);1-2H3;1-2H;1H,(H2,2,3)/t44-;;;/m1.../s1. The number of fused-ring (bicyclic) bond motifs is 2. The number of carbonyl (C=O) groups is 3. The van der Waals surface area contributed by atoms with Gasteiger partial charge in [0.25, 0.3) is 0 Å². The van der Waals surface area contributed by atoms with Crippen molar-refractivity contribution in [3.8, 4) is 35.6 Å². The van der Waals surface area contributed by atoms with Gasteiger partial charge in [0, 0.05) is 59.1 Å². The van der Waals surface area contributed by atoms with Crippen LogP contribution < -0.4 is 5.73 Å². The van der Waals surface area contributed by atoms with Crippen molar-refractivity contribution in [2.24, 2.45) is 5.73 Å². The van der Waals surface area contributed by atoms with Crippen LogP contribution in [0, 0.1) is 12.8 Å². The average molecular weight is 897 g/mol. The van der Waals surface area contributed by atoms with Gasteiger partial charge in [-0.2, -0.15) is 0 Å². The highest BCUT2D eigenvalue weighted by molar-refractivity contribution is 5.90. The van der Waals surface area contributed by atoms with Crippen molar-refractivity contribution in [1.82, 2.24) is 44.5 Å². The fraction of sp³-hybridized carbons (Fsp3) is 0.373. The predicted molar refractivity (Wildman–Crippen MR) is 261 cm³/mol. The van der Waals surface area contributed by atoms with Gasteiger partial charge in [0.15, 0.2) is 5.76 Å². The summed E-state index contributed by atoms with van der Waals surface area (Å²) in [6.45, 7) is 9.89. The Morgan fingerprint density at radius 3 is 2.24 bits per heavy atom. The number of nitrogens with one attached hydrogen (secondary N) is 2. The monoisotopic (exact) mass is 897 g/mol. The number of aromatic nitrogens is 5. The van der Waals surface area contributed by atoms with Crippen molar-refractivity contribution < 1.29 is 23.5 Å². The van der Waals surface area contributed by atoms with Gasteiger partial charge in [-0.15, -0.1) is 12.8 Å². The fourth-order valence-electron chi connectivity index (χ4n) is 8.10. The maximum Gasteiger partial charge on any atom is 0.244 e. The van der Waals surface area contributed by atoms with E-state index in [4.69, 9.17) is 19.2 Å². The number of hydrogen-bond acceptors (Lipinski definition) is 10. The zero-order chi connectivity index (χ0) is 47.4. The lowest BCUT2D eigenvalue weighted by Crippen LogP contribution is -2.55. The molecule has 6 aromatic rings. The molecule has 1 aliphatic carbocycles. The van der Waals surface area contributed by atoms with E-state index in [0.29, 0.717) is 50.1 Å². The Morgan fingerprint density at radius 2 is 1.56 bits per heavy atom. The van der Waals surface area contributed by atoms with E-state index < -0.39 is 0 Å². The molecule has 348 valence electrons. The number of piperazine rings is 1. The first kappa shape index (κ1) is 50.1. The Morgan fingerprint density at radius 1 is 0.894 bits per heavy atom. The predicted octanol–water partition coefficient (Wildman–Crippen LogP) is 6.99. The SMILES string of the molecule is C#C.CCCN(Cc1nc2c(-c3ncc(-c4ccc5nc(CN(CCC)C(=O)[C@@H](C6=CCCC=C6)N6CCN(C)CC6)[nH]c5c4)o3)cccc2[nH]1)C(=O)Cc1ccccc1.COC.NC=O. The van der Waals surface area contributed by atoms with Crippen LogP contribution in [0.15, 0.2) is 101 Å². The third kappa shape index (κ3) is 13.1. The summed E-state index contributed by atoms with van der Waals surface area (Å²) in [6.07, 6.45) is 20.6. The van der Waals surface area contributed by atoms with Crippen LogP contribution in [0.2, 0.25) is 0 Å². The molecule has 0 spiro atoms. The maximum atomic E-state index is 14.4. The topological polar surface area (TPSA) is 183 Å². The van der Waals surface area contributed by atoms with Gasteiger partial charge in [0.05, 0.1) is 47.8 Å². The Balaban J connectivity index is 0.000000957. The number of carbonyl (C=O) groups excluding carboxylic acids is 3. The van der Waals surface area contributed by atoms with Crippen molar-refractivity contribution in [2.75, 3.05) is 60.5 Å².